The standard InChI is InChI=1S/C11H10NO2S/c1-12-15(13,14)11-7-6-9-4-2-3-5-10(9)8-11/h2-8H,1H3/q-1. The molecule has 0 saturated heterocycles. The maximum Gasteiger partial charge on any atom is 0.101 e. The van der Waals surface area contributed by atoms with Gasteiger partial charge in [-0.05, 0) is 22.9 Å². The van der Waals surface area contributed by atoms with E-state index in [0.717, 1.165) is 10.8 Å². The topological polar surface area (TPSA) is 48.2 Å². The minimum atomic E-state index is -3.46. The van der Waals surface area contributed by atoms with E-state index in [9.17, 15) is 8.42 Å². The maximum atomic E-state index is 11.5. The van der Waals surface area contributed by atoms with Gasteiger partial charge in [-0.1, -0.05) is 30.3 Å². The van der Waals surface area contributed by atoms with E-state index in [0.29, 0.717) is 0 Å². The van der Waals surface area contributed by atoms with Crippen molar-refractivity contribution in [2.24, 2.45) is 0 Å². The van der Waals surface area contributed by atoms with Crippen LogP contribution in [0.2, 0.25) is 0 Å². The fourth-order valence-corrected chi connectivity index (χ4v) is 2.16. The number of nitrogens with zero attached hydrogens (tertiary/aromatic N) is 1. The quantitative estimate of drug-likeness (QED) is 0.780. The lowest BCUT2D eigenvalue weighted by Crippen LogP contribution is -1.96. The second-order valence-electron chi connectivity index (χ2n) is 3.17. The molecule has 0 radical (unpaired) electrons. The van der Waals surface area contributed by atoms with Crippen molar-refractivity contribution in [1.82, 2.24) is 0 Å². The summed E-state index contributed by atoms with van der Waals surface area (Å²) < 4.78 is 26.3. The molecule has 0 spiro atoms. The largest absolute Gasteiger partial charge is 0.547 e. The first-order valence-electron chi connectivity index (χ1n) is 4.48. The van der Waals surface area contributed by atoms with E-state index in [4.69, 9.17) is 0 Å². The molecule has 2 rings (SSSR count). The molecule has 0 fully saturated rings. The lowest BCUT2D eigenvalue weighted by Gasteiger charge is -2.13. The number of rotatable bonds is 2. The van der Waals surface area contributed by atoms with Crippen molar-refractivity contribution in [1.29, 1.82) is 0 Å². The lowest BCUT2D eigenvalue weighted by atomic mass is 10.1. The average molecular weight is 220 g/mol. The molecule has 0 saturated carbocycles. The van der Waals surface area contributed by atoms with Crippen LogP contribution in [-0.2, 0) is 10.0 Å². The highest BCUT2D eigenvalue weighted by molar-refractivity contribution is 7.94. The van der Waals surface area contributed by atoms with Gasteiger partial charge >= 0.3 is 0 Å². The first kappa shape index (κ1) is 10.1. The molecule has 0 aromatic heterocycles. The predicted octanol–water partition coefficient (Wildman–Crippen LogP) is 2.53. The highest BCUT2D eigenvalue weighted by Crippen LogP contribution is 2.21. The van der Waals surface area contributed by atoms with Gasteiger partial charge in [-0.15, -0.1) is 0 Å². The van der Waals surface area contributed by atoms with Gasteiger partial charge in [0, 0.05) is 4.90 Å². The van der Waals surface area contributed by atoms with E-state index in [2.05, 4.69) is 4.72 Å². The van der Waals surface area contributed by atoms with Crippen molar-refractivity contribution in [2.45, 2.75) is 4.90 Å². The molecule has 15 heavy (non-hydrogen) atoms. The summed E-state index contributed by atoms with van der Waals surface area (Å²) in [6.07, 6.45) is 0. The summed E-state index contributed by atoms with van der Waals surface area (Å²) in [7, 11) is -2.18. The first-order valence-corrected chi connectivity index (χ1v) is 5.92. The molecule has 3 nitrogen and oxygen atoms in total. The summed E-state index contributed by atoms with van der Waals surface area (Å²) in [4.78, 5) is 0.240. The Kier molecular flexibility index (Phi) is 2.46. The van der Waals surface area contributed by atoms with Crippen molar-refractivity contribution in [3.63, 3.8) is 0 Å². The van der Waals surface area contributed by atoms with Crippen LogP contribution in [0.5, 0.6) is 0 Å². The maximum absolute atomic E-state index is 11.5. The van der Waals surface area contributed by atoms with Crippen LogP contribution < -0.4 is 0 Å². The van der Waals surface area contributed by atoms with Crippen LogP contribution in [0, 0.1) is 0 Å². The van der Waals surface area contributed by atoms with E-state index in [1.54, 1.807) is 18.2 Å². The Morgan fingerprint density at radius 3 is 2.33 bits per heavy atom. The highest BCUT2D eigenvalue weighted by atomic mass is 32.2. The third kappa shape index (κ3) is 1.86. The van der Waals surface area contributed by atoms with Gasteiger partial charge in [-0.25, -0.2) is 8.42 Å². The van der Waals surface area contributed by atoms with Crippen LogP contribution in [0.3, 0.4) is 0 Å². The molecule has 0 aliphatic carbocycles. The number of hydrogen-bond donors (Lipinski definition) is 0. The SMILES string of the molecule is C[N-]S(=O)(=O)c1ccc2ccccc2c1. The fraction of sp³-hybridized carbons (Fsp3) is 0.0909. The molecule has 2 aromatic rings. The van der Waals surface area contributed by atoms with Gasteiger partial charge in [-0.3, -0.25) is 0 Å². The van der Waals surface area contributed by atoms with Crippen LogP contribution >= 0.6 is 0 Å². The van der Waals surface area contributed by atoms with Crippen molar-refractivity contribution < 1.29 is 8.42 Å². The molecule has 0 heterocycles. The van der Waals surface area contributed by atoms with Crippen LogP contribution in [0.1, 0.15) is 0 Å². The van der Waals surface area contributed by atoms with E-state index in [1.807, 2.05) is 24.3 Å². The van der Waals surface area contributed by atoms with Crippen molar-refractivity contribution in [3.05, 3.63) is 47.2 Å². The van der Waals surface area contributed by atoms with E-state index in [-0.39, 0.29) is 4.90 Å². The number of sulfonamides is 1. The Labute approximate surface area is 88.8 Å². The van der Waals surface area contributed by atoms with Gasteiger partial charge in [0.25, 0.3) is 0 Å². The first-order chi connectivity index (χ1) is 7.13. The number of hydrogen-bond acceptors (Lipinski definition) is 2. The Hall–Kier alpha value is -1.39. The Balaban J connectivity index is 2.67. The van der Waals surface area contributed by atoms with Crippen LogP contribution in [0.25, 0.3) is 15.5 Å². The van der Waals surface area contributed by atoms with Crippen molar-refractivity contribution in [3.8, 4) is 0 Å². The fourth-order valence-electron chi connectivity index (χ4n) is 1.43. The van der Waals surface area contributed by atoms with E-state index >= 15 is 0 Å². The van der Waals surface area contributed by atoms with Crippen molar-refractivity contribution >= 4 is 20.8 Å². The molecule has 0 N–H and O–H groups in total. The molecule has 0 aliphatic rings. The molecule has 4 heteroatoms. The zero-order valence-electron chi connectivity index (χ0n) is 8.21. The lowest BCUT2D eigenvalue weighted by molar-refractivity contribution is 0.603. The monoisotopic (exact) mass is 220 g/mol. The molecule has 78 valence electrons. The minimum absolute atomic E-state index is 0.240. The molecule has 0 amide bonds. The number of fused-ring (bicyclic) bond motifs is 1. The zero-order valence-corrected chi connectivity index (χ0v) is 9.03. The average Bonchev–Trinajstić information content (AvgIpc) is 2.28. The Morgan fingerprint density at radius 2 is 1.67 bits per heavy atom. The molecular formula is C11H10NO2S-. The van der Waals surface area contributed by atoms with Gasteiger partial charge in [0.2, 0.25) is 0 Å². The Morgan fingerprint density at radius 1 is 1.00 bits per heavy atom. The Bertz CT molecular complexity index is 590. The van der Waals surface area contributed by atoms with Gasteiger partial charge in [-0.2, -0.15) is 7.05 Å². The molecule has 0 bridgehead atoms. The summed E-state index contributed by atoms with van der Waals surface area (Å²) in [5.74, 6) is 0. The molecule has 0 unspecified atom stereocenters. The molecular weight excluding hydrogens is 210 g/mol. The zero-order chi connectivity index (χ0) is 10.9. The van der Waals surface area contributed by atoms with Gasteiger partial charge in [0.1, 0.15) is 10.0 Å². The summed E-state index contributed by atoms with van der Waals surface area (Å²) in [5.41, 5.74) is 0. The summed E-state index contributed by atoms with van der Waals surface area (Å²) in [5, 5.41) is 1.93. The van der Waals surface area contributed by atoms with Gasteiger partial charge in [0.15, 0.2) is 0 Å². The van der Waals surface area contributed by atoms with E-state index in [1.165, 1.54) is 7.05 Å². The van der Waals surface area contributed by atoms with Crippen LogP contribution in [-0.4, -0.2) is 15.5 Å². The van der Waals surface area contributed by atoms with Crippen molar-refractivity contribution in [2.75, 3.05) is 7.05 Å². The molecule has 0 atom stereocenters. The van der Waals surface area contributed by atoms with Gasteiger partial charge in [0.05, 0.1) is 0 Å². The van der Waals surface area contributed by atoms with Gasteiger partial charge < -0.3 is 4.72 Å². The second kappa shape index (κ2) is 3.64. The molecule has 2 aromatic carbocycles. The molecule has 0 aliphatic heterocycles. The van der Waals surface area contributed by atoms with Crippen LogP contribution in [0.15, 0.2) is 47.4 Å². The third-order valence-corrected chi connectivity index (χ3v) is 3.59. The summed E-state index contributed by atoms with van der Waals surface area (Å²) in [6.45, 7) is 0. The normalized spacial score (nSPS) is 11.8. The number of benzene rings is 2. The van der Waals surface area contributed by atoms with E-state index < -0.39 is 10.0 Å². The predicted molar refractivity (Wildman–Crippen MR) is 60.4 cm³/mol. The van der Waals surface area contributed by atoms with Crippen LogP contribution in [0.4, 0.5) is 0 Å². The minimum Gasteiger partial charge on any atom is -0.547 e. The summed E-state index contributed by atoms with van der Waals surface area (Å²) in [6, 6.07) is 12.6. The highest BCUT2D eigenvalue weighted by Gasteiger charge is 2.03. The smallest absolute Gasteiger partial charge is 0.101 e. The second-order valence-corrected chi connectivity index (χ2v) is 4.95. The summed E-state index contributed by atoms with van der Waals surface area (Å²) >= 11 is 0. The third-order valence-electron chi connectivity index (χ3n) is 2.26.